The van der Waals surface area contributed by atoms with Crippen molar-refractivity contribution < 1.29 is 19.1 Å². The van der Waals surface area contributed by atoms with Crippen LogP contribution in [0.15, 0.2) is 36.7 Å². The molecule has 26 heavy (non-hydrogen) atoms. The molecule has 3 heterocycles. The molecule has 2 aliphatic rings. The second-order valence-corrected chi connectivity index (χ2v) is 6.73. The molecular formula is C18H20N4O4. The second-order valence-electron chi connectivity index (χ2n) is 6.73. The van der Waals surface area contributed by atoms with E-state index in [4.69, 9.17) is 9.47 Å². The van der Waals surface area contributed by atoms with E-state index in [9.17, 15) is 9.59 Å². The van der Waals surface area contributed by atoms with Gasteiger partial charge in [0, 0.05) is 26.2 Å². The van der Waals surface area contributed by atoms with Gasteiger partial charge in [0.15, 0.2) is 5.60 Å². The van der Waals surface area contributed by atoms with Crippen LogP contribution in [0.2, 0.25) is 0 Å². The van der Waals surface area contributed by atoms with Crippen molar-refractivity contribution >= 4 is 12.0 Å². The van der Waals surface area contributed by atoms with E-state index in [2.05, 4.69) is 5.10 Å². The van der Waals surface area contributed by atoms with E-state index in [1.807, 2.05) is 24.3 Å². The quantitative estimate of drug-likeness (QED) is 0.834. The molecule has 1 aromatic carbocycles. The Morgan fingerprint density at radius 1 is 1.31 bits per heavy atom. The fourth-order valence-electron chi connectivity index (χ4n) is 3.59. The average molecular weight is 356 g/mol. The number of rotatable bonds is 3. The zero-order valence-corrected chi connectivity index (χ0v) is 14.7. The van der Waals surface area contributed by atoms with Crippen LogP contribution >= 0.6 is 0 Å². The summed E-state index contributed by atoms with van der Waals surface area (Å²) < 4.78 is 12.5. The van der Waals surface area contributed by atoms with Crippen molar-refractivity contribution in [3.05, 3.63) is 42.2 Å². The minimum absolute atomic E-state index is 0.117. The first-order chi connectivity index (χ1) is 12.5. The molecule has 2 saturated heterocycles. The van der Waals surface area contributed by atoms with Gasteiger partial charge in [-0.1, -0.05) is 12.1 Å². The smallest absolute Gasteiger partial charge is 0.410 e. The van der Waals surface area contributed by atoms with E-state index in [1.165, 1.54) is 0 Å². The minimum Gasteiger partial charge on any atom is -0.494 e. The number of likely N-dealkylation sites (N-methyl/N-ethyl adjacent to an activating group) is 1. The van der Waals surface area contributed by atoms with Gasteiger partial charge >= 0.3 is 6.09 Å². The maximum Gasteiger partial charge on any atom is 0.410 e. The molecule has 2 fully saturated rings. The molecule has 0 aliphatic carbocycles. The number of carbonyl (C=O) groups is 2. The molecule has 4 rings (SSSR count). The molecule has 2 aliphatic heterocycles. The summed E-state index contributed by atoms with van der Waals surface area (Å²) in [5.74, 6) is 0.559. The van der Waals surface area contributed by atoms with Crippen molar-refractivity contribution in [2.24, 2.45) is 0 Å². The highest BCUT2D eigenvalue weighted by molar-refractivity contribution is 5.94. The summed E-state index contributed by atoms with van der Waals surface area (Å²) >= 11 is 0. The lowest BCUT2D eigenvalue weighted by molar-refractivity contribution is 0.0553. The van der Waals surface area contributed by atoms with Crippen LogP contribution < -0.4 is 4.74 Å². The van der Waals surface area contributed by atoms with Crippen LogP contribution in [0.1, 0.15) is 16.8 Å². The van der Waals surface area contributed by atoms with E-state index in [0.717, 1.165) is 5.69 Å². The Labute approximate surface area is 150 Å². The number of nitrogens with zero attached hydrogens (tertiary/aromatic N) is 4. The van der Waals surface area contributed by atoms with Crippen molar-refractivity contribution in [3.63, 3.8) is 0 Å². The summed E-state index contributed by atoms with van der Waals surface area (Å²) in [6.07, 6.45) is 3.56. The first-order valence-electron chi connectivity index (χ1n) is 8.43. The maximum absolute atomic E-state index is 12.8. The van der Waals surface area contributed by atoms with E-state index in [-0.39, 0.29) is 12.0 Å². The number of carbonyl (C=O) groups excluding carboxylic acids is 2. The molecule has 0 radical (unpaired) electrons. The Morgan fingerprint density at radius 3 is 2.85 bits per heavy atom. The molecule has 0 N–H and O–H groups in total. The van der Waals surface area contributed by atoms with Gasteiger partial charge in [-0.3, -0.25) is 4.79 Å². The van der Waals surface area contributed by atoms with Crippen molar-refractivity contribution in [2.45, 2.75) is 12.0 Å². The van der Waals surface area contributed by atoms with Crippen LogP contribution in [0.25, 0.3) is 5.69 Å². The standard InChI is InChI=1S/C18H20N4O4/c1-20-11-18(26-17(20)24)7-8-21(12-18)16(23)13-9-19-22(10-13)14-5-3-4-6-15(14)25-2/h3-6,9-10H,7-8,11-12H2,1-2H3. The van der Waals surface area contributed by atoms with E-state index in [1.54, 1.807) is 41.0 Å². The van der Waals surface area contributed by atoms with E-state index in [0.29, 0.717) is 37.4 Å². The molecule has 2 amide bonds. The Balaban J connectivity index is 1.52. The van der Waals surface area contributed by atoms with Gasteiger partial charge in [0.05, 0.1) is 32.0 Å². The van der Waals surface area contributed by atoms with Gasteiger partial charge in [-0.15, -0.1) is 0 Å². The van der Waals surface area contributed by atoms with Gasteiger partial charge in [0.2, 0.25) is 0 Å². The number of aromatic nitrogens is 2. The largest absolute Gasteiger partial charge is 0.494 e. The fourth-order valence-corrected chi connectivity index (χ4v) is 3.59. The molecular weight excluding hydrogens is 336 g/mol. The topological polar surface area (TPSA) is 76.9 Å². The summed E-state index contributed by atoms with van der Waals surface area (Å²) in [5, 5.41) is 4.30. The van der Waals surface area contributed by atoms with Gasteiger partial charge in [-0.2, -0.15) is 5.10 Å². The number of hydrogen-bond donors (Lipinski definition) is 0. The molecule has 1 atom stereocenters. The fraction of sp³-hybridized carbons (Fsp3) is 0.389. The van der Waals surface area contributed by atoms with Crippen LogP contribution in [-0.2, 0) is 4.74 Å². The lowest BCUT2D eigenvalue weighted by Crippen LogP contribution is -2.39. The third-order valence-electron chi connectivity index (χ3n) is 4.91. The highest BCUT2D eigenvalue weighted by Gasteiger charge is 2.49. The van der Waals surface area contributed by atoms with Crippen molar-refractivity contribution in [1.82, 2.24) is 19.6 Å². The predicted octanol–water partition coefficient (Wildman–Crippen LogP) is 1.55. The van der Waals surface area contributed by atoms with E-state index < -0.39 is 5.60 Å². The molecule has 8 nitrogen and oxygen atoms in total. The van der Waals surface area contributed by atoms with Crippen LogP contribution in [0.4, 0.5) is 4.79 Å². The molecule has 0 saturated carbocycles. The lowest BCUT2D eigenvalue weighted by atomic mass is 10.0. The molecule has 1 spiro atoms. The SMILES string of the molecule is COc1ccccc1-n1cc(C(=O)N2CCC3(CN(C)C(=O)O3)C2)cn1. The molecule has 136 valence electrons. The third kappa shape index (κ3) is 2.67. The summed E-state index contributed by atoms with van der Waals surface area (Å²) in [6.45, 7) is 1.47. The number of amides is 2. The highest BCUT2D eigenvalue weighted by Crippen LogP contribution is 2.32. The van der Waals surface area contributed by atoms with Crippen LogP contribution in [0, 0.1) is 0 Å². The van der Waals surface area contributed by atoms with Crippen molar-refractivity contribution in [1.29, 1.82) is 0 Å². The molecule has 1 aromatic heterocycles. The average Bonchev–Trinajstić information content (AvgIpc) is 3.34. The Morgan fingerprint density at radius 2 is 2.12 bits per heavy atom. The molecule has 0 bridgehead atoms. The highest BCUT2D eigenvalue weighted by atomic mass is 16.6. The monoisotopic (exact) mass is 356 g/mol. The lowest BCUT2D eigenvalue weighted by Gasteiger charge is -2.21. The van der Waals surface area contributed by atoms with Gasteiger partial charge in [0.25, 0.3) is 5.91 Å². The minimum atomic E-state index is -0.583. The van der Waals surface area contributed by atoms with Crippen LogP contribution in [0.3, 0.4) is 0 Å². The Kier molecular flexibility index (Phi) is 3.82. The Bertz CT molecular complexity index is 864. The summed E-state index contributed by atoms with van der Waals surface area (Å²) in [5.41, 5.74) is 0.670. The second kappa shape index (κ2) is 6.05. The summed E-state index contributed by atoms with van der Waals surface area (Å²) in [6, 6.07) is 7.48. The number of methoxy groups -OCH3 is 1. The van der Waals surface area contributed by atoms with Crippen LogP contribution in [0.5, 0.6) is 5.75 Å². The molecule has 1 unspecified atom stereocenters. The number of benzene rings is 1. The van der Waals surface area contributed by atoms with Gasteiger partial charge in [-0.25, -0.2) is 9.48 Å². The first kappa shape index (κ1) is 16.4. The number of hydrogen-bond acceptors (Lipinski definition) is 5. The van der Waals surface area contributed by atoms with E-state index >= 15 is 0 Å². The third-order valence-corrected chi connectivity index (χ3v) is 4.91. The normalized spacial score (nSPS) is 22.2. The maximum atomic E-state index is 12.8. The number of para-hydroxylation sites is 2. The van der Waals surface area contributed by atoms with Gasteiger partial charge < -0.3 is 19.3 Å². The Hall–Kier alpha value is -3.03. The predicted molar refractivity (Wildman–Crippen MR) is 92.5 cm³/mol. The molecule has 2 aromatic rings. The van der Waals surface area contributed by atoms with Gasteiger partial charge in [-0.05, 0) is 12.1 Å². The number of likely N-dealkylation sites (tertiary alicyclic amines) is 1. The van der Waals surface area contributed by atoms with Crippen LogP contribution in [-0.4, -0.2) is 71.0 Å². The summed E-state index contributed by atoms with van der Waals surface area (Å²) in [7, 11) is 3.30. The summed E-state index contributed by atoms with van der Waals surface area (Å²) in [4.78, 5) is 27.8. The van der Waals surface area contributed by atoms with Gasteiger partial charge in [0.1, 0.15) is 11.4 Å². The first-order valence-corrected chi connectivity index (χ1v) is 8.43. The van der Waals surface area contributed by atoms with Crippen molar-refractivity contribution in [2.75, 3.05) is 33.8 Å². The van der Waals surface area contributed by atoms with Crippen molar-refractivity contribution in [3.8, 4) is 11.4 Å². The zero-order chi connectivity index (χ0) is 18.3. The zero-order valence-electron chi connectivity index (χ0n) is 14.7. The molecule has 8 heteroatoms. The number of ether oxygens (including phenoxy) is 2.